The standard InChI is InChI=1S/C22H24N2O3/c1-16(6-13-21(25)26-2)19-11-9-17(10-12-19)7-8-18-14-23-22(24-15-18)27-20-4-3-5-20/h9-12,14-16,20H,3-6,13H2,1-2H3. The van der Waals surface area contributed by atoms with Crippen molar-refractivity contribution in [3.8, 4) is 17.9 Å². The van der Waals surface area contributed by atoms with E-state index in [1.54, 1.807) is 12.4 Å². The molecule has 1 aliphatic carbocycles. The van der Waals surface area contributed by atoms with Gasteiger partial charge in [-0.2, -0.15) is 0 Å². The van der Waals surface area contributed by atoms with Crippen molar-refractivity contribution in [1.29, 1.82) is 0 Å². The van der Waals surface area contributed by atoms with Crippen molar-refractivity contribution in [3.63, 3.8) is 0 Å². The molecule has 1 saturated carbocycles. The number of nitrogens with zero attached hydrogens (tertiary/aromatic N) is 2. The Kier molecular flexibility index (Phi) is 6.43. The first-order valence-electron chi connectivity index (χ1n) is 9.31. The lowest BCUT2D eigenvalue weighted by Gasteiger charge is -2.24. The zero-order valence-electron chi connectivity index (χ0n) is 15.8. The van der Waals surface area contributed by atoms with Gasteiger partial charge in [-0.1, -0.05) is 30.9 Å². The fraction of sp³-hybridized carbons (Fsp3) is 0.409. The molecule has 1 unspecified atom stereocenters. The molecule has 5 heteroatoms. The number of carbonyl (C=O) groups is 1. The number of ether oxygens (including phenoxy) is 2. The molecule has 0 N–H and O–H groups in total. The zero-order valence-corrected chi connectivity index (χ0v) is 15.8. The maximum absolute atomic E-state index is 11.3. The van der Waals surface area contributed by atoms with Crippen molar-refractivity contribution < 1.29 is 14.3 Å². The lowest BCUT2D eigenvalue weighted by atomic mass is 9.95. The Morgan fingerprint density at radius 3 is 2.41 bits per heavy atom. The molecule has 1 fully saturated rings. The van der Waals surface area contributed by atoms with Gasteiger partial charge in [0, 0.05) is 24.4 Å². The van der Waals surface area contributed by atoms with Crippen molar-refractivity contribution in [2.75, 3.05) is 7.11 Å². The van der Waals surface area contributed by atoms with Gasteiger partial charge in [0.1, 0.15) is 6.10 Å². The number of hydrogen-bond donors (Lipinski definition) is 0. The Bertz CT molecular complexity index is 815. The maximum atomic E-state index is 11.3. The Balaban J connectivity index is 1.55. The second-order valence-electron chi connectivity index (χ2n) is 6.81. The quantitative estimate of drug-likeness (QED) is 0.575. The van der Waals surface area contributed by atoms with Gasteiger partial charge < -0.3 is 9.47 Å². The lowest BCUT2D eigenvalue weighted by Crippen LogP contribution is -2.25. The van der Waals surface area contributed by atoms with Crippen LogP contribution in [0.1, 0.15) is 61.6 Å². The Morgan fingerprint density at radius 1 is 1.15 bits per heavy atom. The number of benzene rings is 1. The molecule has 0 radical (unpaired) electrons. The van der Waals surface area contributed by atoms with E-state index in [0.29, 0.717) is 18.3 Å². The van der Waals surface area contributed by atoms with Crippen molar-refractivity contribution >= 4 is 5.97 Å². The van der Waals surface area contributed by atoms with E-state index in [4.69, 9.17) is 4.74 Å². The molecule has 27 heavy (non-hydrogen) atoms. The Labute approximate surface area is 160 Å². The van der Waals surface area contributed by atoms with Crippen LogP contribution in [0.4, 0.5) is 0 Å². The van der Waals surface area contributed by atoms with E-state index in [1.807, 2.05) is 12.1 Å². The molecule has 1 aliphatic rings. The van der Waals surface area contributed by atoms with Gasteiger partial charge in [-0.3, -0.25) is 4.79 Å². The molecule has 1 aromatic heterocycles. The number of hydrogen-bond acceptors (Lipinski definition) is 5. The third kappa shape index (κ3) is 5.55. The second-order valence-corrected chi connectivity index (χ2v) is 6.81. The van der Waals surface area contributed by atoms with Crippen molar-refractivity contribution in [1.82, 2.24) is 9.97 Å². The first-order valence-corrected chi connectivity index (χ1v) is 9.31. The largest absolute Gasteiger partial charge is 0.469 e. The minimum absolute atomic E-state index is 0.171. The molecule has 2 aromatic rings. The second kappa shape index (κ2) is 9.18. The van der Waals surface area contributed by atoms with E-state index < -0.39 is 0 Å². The summed E-state index contributed by atoms with van der Waals surface area (Å²) >= 11 is 0. The van der Waals surface area contributed by atoms with Crippen LogP contribution in [0.5, 0.6) is 6.01 Å². The Hall–Kier alpha value is -2.87. The molecule has 0 spiro atoms. The van der Waals surface area contributed by atoms with Crippen LogP contribution in [0.2, 0.25) is 0 Å². The summed E-state index contributed by atoms with van der Waals surface area (Å²) in [6.45, 7) is 2.11. The van der Waals surface area contributed by atoms with E-state index in [-0.39, 0.29) is 12.1 Å². The number of esters is 1. The molecule has 1 heterocycles. The molecular formula is C22H24N2O3. The number of aromatic nitrogens is 2. The summed E-state index contributed by atoms with van der Waals surface area (Å²) in [6.07, 6.45) is 8.25. The predicted octanol–water partition coefficient (Wildman–Crippen LogP) is 3.86. The van der Waals surface area contributed by atoms with Gasteiger partial charge in [0.15, 0.2) is 0 Å². The van der Waals surface area contributed by atoms with Crippen LogP contribution in [-0.2, 0) is 9.53 Å². The minimum Gasteiger partial charge on any atom is -0.469 e. The molecule has 3 rings (SSSR count). The average Bonchev–Trinajstić information content (AvgIpc) is 2.68. The van der Waals surface area contributed by atoms with Crippen molar-refractivity contribution in [2.45, 2.75) is 51.0 Å². The first kappa shape index (κ1) is 18.9. The van der Waals surface area contributed by atoms with Gasteiger partial charge in [0.2, 0.25) is 0 Å². The zero-order chi connectivity index (χ0) is 19.1. The predicted molar refractivity (Wildman–Crippen MR) is 102 cm³/mol. The van der Waals surface area contributed by atoms with Crippen LogP contribution < -0.4 is 4.74 Å². The molecule has 140 valence electrons. The van der Waals surface area contributed by atoms with Crippen molar-refractivity contribution in [2.24, 2.45) is 0 Å². The highest BCUT2D eigenvalue weighted by Gasteiger charge is 2.19. The van der Waals surface area contributed by atoms with Crippen LogP contribution >= 0.6 is 0 Å². The monoisotopic (exact) mass is 364 g/mol. The number of carbonyl (C=O) groups excluding carboxylic acids is 1. The van der Waals surface area contributed by atoms with Gasteiger partial charge >= 0.3 is 12.0 Å². The Morgan fingerprint density at radius 2 is 1.81 bits per heavy atom. The molecule has 1 aromatic carbocycles. The van der Waals surface area contributed by atoms with Crippen LogP contribution in [0, 0.1) is 11.8 Å². The SMILES string of the molecule is COC(=O)CCC(C)c1ccc(C#Cc2cnc(OC3CCC3)nc2)cc1. The van der Waals surface area contributed by atoms with Gasteiger partial charge in [-0.15, -0.1) is 0 Å². The summed E-state index contributed by atoms with van der Waals surface area (Å²) in [6, 6.07) is 8.52. The summed E-state index contributed by atoms with van der Waals surface area (Å²) in [5.41, 5.74) is 2.87. The number of methoxy groups -OCH3 is 1. The summed E-state index contributed by atoms with van der Waals surface area (Å²) in [7, 11) is 1.42. The summed E-state index contributed by atoms with van der Waals surface area (Å²) < 4.78 is 10.3. The highest BCUT2D eigenvalue weighted by Crippen LogP contribution is 2.23. The third-order valence-electron chi connectivity index (χ3n) is 4.79. The van der Waals surface area contributed by atoms with Crippen LogP contribution in [0.15, 0.2) is 36.7 Å². The fourth-order valence-electron chi connectivity index (χ4n) is 2.72. The van der Waals surface area contributed by atoms with Gasteiger partial charge in [-0.05, 0) is 49.3 Å². The van der Waals surface area contributed by atoms with Crippen LogP contribution in [-0.4, -0.2) is 29.2 Å². The molecule has 1 atom stereocenters. The molecule has 0 saturated heterocycles. The summed E-state index contributed by atoms with van der Waals surface area (Å²) in [5.74, 6) is 6.32. The normalized spacial score (nSPS) is 14.4. The summed E-state index contributed by atoms with van der Waals surface area (Å²) in [5, 5.41) is 0. The molecule has 5 nitrogen and oxygen atoms in total. The highest BCUT2D eigenvalue weighted by atomic mass is 16.5. The number of rotatable bonds is 6. The van der Waals surface area contributed by atoms with Crippen LogP contribution in [0.3, 0.4) is 0 Å². The third-order valence-corrected chi connectivity index (χ3v) is 4.79. The molecular weight excluding hydrogens is 340 g/mol. The van der Waals surface area contributed by atoms with E-state index >= 15 is 0 Å². The first-order chi connectivity index (χ1) is 13.1. The van der Waals surface area contributed by atoms with Crippen LogP contribution in [0.25, 0.3) is 0 Å². The van der Waals surface area contributed by atoms with Gasteiger partial charge in [0.05, 0.1) is 12.7 Å². The minimum atomic E-state index is -0.171. The fourth-order valence-corrected chi connectivity index (χ4v) is 2.72. The van der Waals surface area contributed by atoms with Gasteiger partial charge in [-0.25, -0.2) is 9.97 Å². The molecule has 0 aliphatic heterocycles. The van der Waals surface area contributed by atoms with Gasteiger partial charge in [0.25, 0.3) is 0 Å². The van der Waals surface area contributed by atoms with E-state index in [0.717, 1.165) is 30.4 Å². The van der Waals surface area contributed by atoms with Crippen molar-refractivity contribution in [3.05, 3.63) is 53.3 Å². The average molecular weight is 364 g/mol. The topological polar surface area (TPSA) is 61.3 Å². The smallest absolute Gasteiger partial charge is 0.316 e. The van der Waals surface area contributed by atoms with E-state index in [2.05, 4.69) is 45.6 Å². The van der Waals surface area contributed by atoms with E-state index in [9.17, 15) is 4.79 Å². The summed E-state index contributed by atoms with van der Waals surface area (Å²) in [4.78, 5) is 19.7. The molecule has 0 bridgehead atoms. The maximum Gasteiger partial charge on any atom is 0.316 e. The van der Waals surface area contributed by atoms with E-state index in [1.165, 1.54) is 19.1 Å². The highest BCUT2D eigenvalue weighted by molar-refractivity contribution is 5.69. The molecule has 0 amide bonds. The lowest BCUT2D eigenvalue weighted by molar-refractivity contribution is -0.140.